The van der Waals surface area contributed by atoms with Gasteiger partial charge in [-0.3, -0.25) is 0 Å². The van der Waals surface area contributed by atoms with Gasteiger partial charge in [0.05, 0.1) is 11.2 Å². The number of rotatable bonds is 3. The third-order valence-corrected chi connectivity index (χ3v) is 6.71. The van der Waals surface area contributed by atoms with Crippen LogP contribution in [0.4, 0.5) is 0 Å². The fourth-order valence-electron chi connectivity index (χ4n) is 2.69. The number of nitrogens with zero attached hydrogens (tertiary/aromatic N) is 3. The van der Waals surface area contributed by atoms with Gasteiger partial charge in [-0.25, -0.2) is 4.98 Å². The van der Waals surface area contributed by atoms with Crippen LogP contribution in [0.3, 0.4) is 0 Å². The second-order valence-corrected chi connectivity index (χ2v) is 9.15. The normalized spacial score (nSPS) is 10.3. The summed E-state index contributed by atoms with van der Waals surface area (Å²) in [6, 6.07) is 34.7. The number of aromatic nitrogens is 3. The molecule has 0 radical (unpaired) electrons. The van der Waals surface area contributed by atoms with Gasteiger partial charge in [0, 0.05) is 10.9 Å². The number of benzene rings is 2. The summed E-state index contributed by atoms with van der Waals surface area (Å²) < 4.78 is 2.36. The topological polar surface area (TPSA) is 38.7 Å². The van der Waals surface area contributed by atoms with Crippen molar-refractivity contribution in [1.82, 2.24) is 15.0 Å². The van der Waals surface area contributed by atoms with Crippen LogP contribution in [-0.2, 0) is 17.7 Å². The molecule has 5 aromatic rings. The van der Waals surface area contributed by atoms with Gasteiger partial charge in [0.1, 0.15) is 0 Å². The van der Waals surface area contributed by atoms with Crippen LogP contribution >= 0.6 is 0 Å². The first kappa shape index (κ1) is 19.1. The molecule has 0 bridgehead atoms. The van der Waals surface area contributed by atoms with E-state index in [2.05, 4.69) is 57.4 Å². The molecule has 29 heavy (non-hydrogen) atoms. The van der Waals surface area contributed by atoms with Gasteiger partial charge < -0.3 is 0 Å². The second-order valence-electron chi connectivity index (χ2n) is 6.10. The first-order valence-corrected chi connectivity index (χ1v) is 11.6. The van der Waals surface area contributed by atoms with Gasteiger partial charge in [-0.1, -0.05) is 54.6 Å². The van der Waals surface area contributed by atoms with Gasteiger partial charge >= 0.3 is 84.9 Å². The van der Waals surface area contributed by atoms with E-state index < -0.39 is 0 Å². The number of fused-ring (bicyclic) bond motifs is 1. The Morgan fingerprint density at radius 2 is 1.14 bits per heavy atom. The smallest absolute Gasteiger partial charge is 0.0709 e. The minimum absolute atomic E-state index is 0.330. The van der Waals surface area contributed by atoms with E-state index in [0.29, 0.717) is 0 Å². The Bertz CT molecular complexity index is 1130. The molecule has 0 saturated heterocycles. The Morgan fingerprint density at radius 3 is 1.79 bits per heavy atom. The molecule has 3 nitrogen and oxygen atoms in total. The van der Waals surface area contributed by atoms with Crippen LogP contribution in [0.5, 0.6) is 0 Å². The van der Waals surface area contributed by atoms with E-state index in [1.54, 1.807) is 0 Å². The zero-order valence-electron chi connectivity index (χ0n) is 15.6. The quantitative estimate of drug-likeness (QED) is 0.332. The Kier molecular flexibility index (Phi) is 6.49. The second kappa shape index (κ2) is 9.83. The molecule has 0 amide bonds. The van der Waals surface area contributed by atoms with Gasteiger partial charge in [0.2, 0.25) is 0 Å². The fraction of sp³-hybridized carbons (Fsp3) is 0. The molecule has 3 aromatic heterocycles. The van der Waals surface area contributed by atoms with E-state index in [1.165, 1.54) is 13.8 Å². The van der Waals surface area contributed by atoms with Gasteiger partial charge in [-0.15, -0.1) is 0 Å². The fourth-order valence-corrected chi connectivity index (χ4v) is 4.85. The van der Waals surface area contributed by atoms with E-state index in [0.717, 1.165) is 16.8 Å². The van der Waals surface area contributed by atoms with E-state index in [-0.39, 0.29) is 17.7 Å². The van der Waals surface area contributed by atoms with E-state index in [9.17, 15) is 0 Å². The minimum Gasteiger partial charge on any atom is -0.248 e. The van der Waals surface area contributed by atoms with E-state index in [1.807, 2.05) is 73.1 Å². The van der Waals surface area contributed by atoms with Crippen molar-refractivity contribution in [3.8, 4) is 11.3 Å². The SMILES string of the molecule is c1cc[c]([Ir][c]2ccccn2)nc1.c1ccc(-c2ccc3ccccc3n2)cc1. The largest absolute Gasteiger partial charge is 0.248 e. The third kappa shape index (κ3) is 5.41. The first-order valence-electron chi connectivity index (χ1n) is 9.22. The molecule has 0 spiro atoms. The van der Waals surface area contributed by atoms with Crippen molar-refractivity contribution >= 4 is 19.3 Å². The van der Waals surface area contributed by atoms with Gasteiger partial charge in [-0.2, -0.15) is 0 Å². The maximum Gasteiger partial charge on any atom is 0.0709 e. The van der Waals surface area contributed by atoms with Crippen molar-refractivity contribution in [3.63, 3.8) is 0 Å². The average Bonchev–Trinajstić information content (AvgIpc) is 2.81. The molecule has 3 heterocycles. The summed E-state index contributed by atoms with van der Waals surface area (Å²) in [5.41, 5.74) is 3.23. The molecule has 0 aliphatic heterocycles. The molecule has 2 aromatic carbocycles. The Hall–Kier alpha value is -3.20. The molecular weight excluding hydrogens is 535 g/mol. The molecule has 4 heteroatoms. The van der Waals surface area contributed by atoms with Crippen LogP contribution in [0.15, 0.2) is 116 Å². The van der Waals surface area contributed by atoms with Crippen molar-refractivity contribution in [2.24, 2.45) is 0 Å². The van der Waals surface area contributed by atoms with Gasteiger partial charge in [0.25, 0.3) is 0 Å². The number of hydrogen-bond acceptors (Lipinski definition) is 3. The summed E-state index contributed by atoms with van der Waals surface area (Å²) in [6.45, 7) is 0. The minimum atomic E-state index is -0.330. The predicted octanol–water partition coefficient (Wildman–Crippen LogP) is 4.41. The molecule has 0 N–H and O–H groups in total. The van der Waals surface area contributed by atoms with Crippen LogP contribution in [-0.4, -0.2) is 15.0 Å². The van der Waals surface area contributed by atoms with Crippen molar-refractivity contribution in [2.45, 2.75) is 0 Å². The first-order chi connectivity index (χ1) is 14.4. The standard InChI is InChI=1S/C15H11N.2C5H4N.Ir/c1-2-6-12(7-3-1)15-11-10-13-8-4-5-9-14(13)16-15;2*1-2-4-6-5-3-1;/h1-11H;2*1-4H;. The summed E-state index contributed by atoms with van der Waals surface area (Å²) in [5, 5.41) is 1.18. The average molecular weight is 554 g/mol. The van der Waals surface area contributed by atoms with Gasteiger partial charge in [0.15, 0.2) is 0 Å². The summed E-state index contributed by atoms with van der Waals surface area (Å²) in [5.74, 6) is 0. The van der Waals surface area contributed by atoms with Gasteiger partial charge in [-0.05, 0) is 12.1 Å². The molecule has 0 aliphatic carbocycles. The van der Waals surface area contributed by atoms with Crippen molar-refractivity contribution in [1.29, 1.82) is 0 Å². The monoisotopic (exact) mass is 554 g/mol. The maximum absolute atomic E-state index is 4.65. The molecule has 143 valence electrons. The summed E-state index contributed by atoms with van der Waals surface area (Å²) in [7, 11) is 0. The zero-order chi connectivity index (χ0) is 19.7. The van der Waals surface area contributed by atoms with Crippen LogP contribution in [0.1, 0.15) is 0 Å². The Balaban J connectivity index is 0.000000145. The van der Waals surface area contributed by atoms with Crippen LogP contribution in [0.2, 0.25) is 0 Å². The summed E-state index contributed by atoms with van der Waals surface area (Å²) >= 11 is -0.330. The summed E-state index contributed by atoms with van der Waals surface area (Å²) in [6.07, 6.45) is 3.67. The van der Waals surface area contributed by atoms with Crippen molar-refractivity contribution in [3.05, 3.63) is 116 Å². The third-order valence-electron chi connectivity index (χ3n) is 4.07. The van der Waals surface area contributed by atoms with E-state index >= 15 is 0 Å². The van der Waals surface area contributed by atoms with Crippen LogP contribution in [0.25, 0.3) is 22.2 Å². The number of pyridine rings is 3. The maximum atomic E-state index is 4.65. The molecule has 0 aliphatic rings. The molecule has 5 rings (SSSR count). The zero-order valence-corrected chi connectivity index (χ0v) is 18.0. The van der Waals surface area contributed by atoms with Crippen LogP contribution < -0.4 is 8.42 Å². The number of hydrogen-bond donors (Lipinski definition) is 0. The van der Waals surface area contributed by atoms with Crippen molar-refractivity contribution < 1.29 is 17.7 Å². The molecular formula is C25H19IrN3. The predicted molar refractivity (Wildman–Crippen MR) is 115 cm³/mol. The van der Waals surface area contributed by atoms with Crippen LogP contribution in [0, 0.1) is 0 Å². The number of para-hydroxylation sites is 1. The Labute approximate surface area is 178 Å². The molecule has 0 unspecified atom stereocenters. The summed E-state index contributed by atoms with van der Waals surface area (Å²) in [4.78, 5) is 13.2. The Morgan fingerprint density at radius 1 is 0.517 bits per heavy atom. The molecule has 0 saturated carbocycles. The van der Waals surface area contributed by atoms with Crippen molar-refractivity contribution in [2.75, 3.05) is 0 Å². The van der Waals surface area contributed by atoms with E-state index in [4.69, 9.17) is 0 Å². The molecule has 0 fully saturated rings. The molecule has 0 atom stereocenters.